The van der Waals surface area contributed by atoms with Crippen molar-refractivity contribution in [3.63, 3.8) is 0 Å². The summed E-state index contributed by atoms with van der Waals surface area (Å²) in [5.74, 6) is 0.774. The lowest BCUT2D eigenvalue weighted by Gasteiger charge is -2.07. The van der Waals surface area contributed by atoms with Crippen molar-refractivity contribution in [1.82, 2.24) is 10.1 Å². The number of rotatable bonds is 7. The molecule has 0 saturated heterocycles. The molecule has 0 spiro atoms. The molecule has 31 heavy (non-hydrogen) atoms. The maximum Gasteiger partial charge on any atom is 0.293 e. The molecule has 0 radical (unpaired) electrons. The molecule has 0 atom stereocenters. The van der Waals surface area contributed by atoms with E-state index in [4.69, 9.17) is 8.94 Å². The summed E-state index contributed by atoms with van der Waals surface area (Å²) in [6.45, 7) is 4.23. The van der Waals surface area contributed by atoms with E-state index in [9.17, 15) is 12.8 Å². The van der Waals surface area contributed by atoms with Gasteiger partial charge in [0.1, 0.15) is 17.3 Å². The lowest BCUT2D eigenvalue weighted by atomic mass is 10.0. The fraction of sp³-hybridized carbons (Fsp3) is 0.217. The first-order valence-corrected chi connectivity index (χ1v) is 11.5. The van der Waals surface area contributed by atoms with Gasteiger partial charge in [0, 0.05) is 5.56 Å². The van der Waals surface area contributed by atoms with E-state index in [1.165, 1.54) is 24.3 Å². The summed E-state index contributed by atoms with van der Waals surface area (Å²) < 4.78 is 49.4. The predicted octanol–water partition coefficient (Wildman–Crippen LogP) is 5.31. The second-order valence-electron chi connectivity index (χ2n) is 7.70. The minimum absolute atomic E-state index is 0.112. The van der Waals surface area contributed by atoms with Crippen molar-refractivity contribution in [3.8, 4) is 23.0 Å². The van der Waals surface area contributed by atoms with Gasteiger partial charge in [0.2, 0.25) is 5.82 Å². The monoisotopic (exact) mass is 440 g/mol. The van der Waals surface area contributed by atoms with E-state index in [1.807, 2.05) is 12.1 Å². The van der Waals surface area contributed by atoms with Crippen LogP contribution in [0, 0.1) is 11.7 Å². The summed E-state index contributed by atoms with van der Waals surface area (Å²) in [6.07, 6.45) is 0.895. The smallest absolute Gasteiger partial charge is 0.293 e. The second-order valence-corrected chi connectivity index (χ2v) is 9.69. The highest BCUT2D eigenvalue weighted by Crippen LogP contribution is 2.26. The molecule has 160 valence electrons. The molecule has 0 saturated carbocycles. The highest BCUT2D eigenvalue weighted by molar-refractivity contribution is 7.90. The third-order valence-electron chi connectivity index (χ3n) is 4.66. The summed E-state index contributed by atoms with van der Waals surface area (Å²) in [5, 5.41) is 3.87. The van der Waals surface area contributed by atoms with Crippen molar-refractivity contribution in [2.24, 2.45) is 5.92 Å². The molecule has 8 heteroatoms. The first-order valence-electron chi connectivity index (χ1n) is 9.80. The van der Waals surface area contributed by atoms with Crippen molar-refractivity contribution in [3.05, 3.63) is 77.8 Å². The van der Waals surface area contributed by atoms with Crippen LogP contribution in [0.15, 0.2) is 74.5 Å². The first-order chi connectivity index (χ1) is 14.8. The van der Waals surface area contributed by atoms with E-state index >= 15 is 0 Å². The number of nitrogens with zero attached hydrogens (tertiary/aromatic N) is 2. The van der Waals surface area contributed by atoms with Crippen LogP contribution < -0.4 is 0 Å². The fourth-order valence-electron chi connectivity index (χ4n) is 3.19. The van der Waals surface area contributed by atoms with Crippen LogP contribution >= 0.6 is 0 Å². The van der Waals surface area contributed by atoms with Gasteiger partial charge in [-0.15, -0.1) is 0 Å². The topological polar surface area (TPSA) is 86.2 Å². The molecule has 0 aliphatic heterocycles. The van der Waals surface area contributed by atoms with Crippen molar-refractivity contribution in [2.75, 3.05) is 0 Å². The Morgan fingerprint density at radius 3 is 2.35 bits per heavy atom. The van der Waals surface area contributed by atoms with Crippen LogP contribution in [0.2, 0.25) is 0 Å². The van der Waals surface area contributed by atoms with Gasteiger partial charge in [-0.05, 0) is 66.4 Å². The van der Waals surface area contributed by atoms with Crippen LogP contribution in [0.5, 0.6) is 0 Å². The largest absolute Gasteiger partial charge is 0.455 e. The summed E-state index contributed by atoms with van der Waals surface area (Å²) in [6, 6.07) is 15.8. The first kappa shape index (κ1) is 21.0. The Bertz CT molecular complexity index is 1270. The number of halogens is 1. The molecule has 2 aromatic carbocycles. The van der Waals surface area contributed by atoms with Gasteiger partial charge in [-0.2, -0.15) is 4.98 Å². The molecule has 0 aliphatic carbocycles. The van der Waals surface area contributed by atoms with Crippen LogP contribution in [0.1, 0.15) is 25.2 Å². The SMILES string of the molecule is CC(C)Cc1ccc(S(=O)(=O)Cc2ccc(-c3nc(-c4ccc(F)cc4)no3)o2)cc1. The second kappa shape index (κ2) is 8.47. The minimum atomic E-state index is -3.57. The molecule has 6 nitrogen and oxygen atoms in total. The standard InChI is InChI=1S/C23H21FN2O4S/c1-15(2)13-16-3-10-20(11-4-16)31(27,28)14-19-9-12-21(29-19)23-25-22(26-30-23)17-5-7-18(24)8-6-17/h3-12,15H,13-14H2,1-2H3. The minimum Gasteiger partial charge on any atom is -0.455 e. The van der Waals surface area contributed by atoms with Crippen LogP contribution in [-0.4, -0.2) is 18.6 Å². The van der Waals surface area contributed by atoms with Gasteiger partial charge >= 0.3 is 0 Å². The van der Waals surface area contributed by atoms with Gasteiger partial charge < -0.3 is 8.94 Å². The van der Waals surface area contributed by atoms with E-state index < -0.39 is 9.84 Å². The molecular formula is C23H21FN2O4S. The van der Waals surface area contributed by atoms with Crippen molar-refractivity contribution in [1.29, 1.82) is 0 Å². The predicted molar refractivity (Wildman–Crippen MR) is 113 cm³/mol. The molecule has 4 aromatic rings. The molecule has 0 unspecified atom stereocenters. The Balaban J connectivity index is 1.49. The molecule has 0 aliphatic rings. The van der Waals surface area contributed by atoms with Gasteiger partial charge in [-0.25, -0.2) is 12.8 Å². The third-order valence-corrected chi connectivity index (χ3v) is 6.31. The average Bonchev–Trinajstić information content (AvgIpc) is 3.38. The Kier molecular flexibility index (Phi) is 5.73. The van der Waals surface area contributed by atoms with Gasteiger partial charge in [0.15, 0.2) is 15.6 Å². The van der Waals surface area contributed by atoms with Crippen LogP contribution in [0.4, 0.5) is 4.39 Å². The number of aromatic nitrogens is 2. The van der Waals surface area contributed by atoms with Crippen molar-refractivity contribution < 1.29 is 21.7 Å². The van der Waals surface area contributed by atoms with E-state index in [0.29, 0.717) is 11.5 Å². The van der Waals surface area contributed by atoms with Crippen LogP contribution in [0.25, 0.3) is 23.0 Å². The maximum atomic E-state index is 13.1. The molecule has 4 rings (SSSR count). The van der Waals surface area contributed by atoms with Crippen LogP contribution in [-0.2, 0) is 22.0 Å². The Labute approximate surface area is 179 Å². The highest BCUT2D eigenvalue weighted by Gasteiger charge is 2.20. The highest BCUT2D eigenvalue weighted by atomic mass is 32.2. The normalized spacial score (nSPS) is 11.9. The summed E-state index contributed by atoms with van der Waals surface area (Å²) in [7, 11) is -3.57. The van der Waals surface area contributed by atoms with Crippen molar-refractivity contribution >= 4 is 9.84 Å². The molecule has 0 bridgehead atoms. The van der Waals surface area contributed by atoms with E-state index in [-0.39, 0.29) is 39.7 Å². The Morgan fingerprint density at radius 2 is 1.68 bits per heavy atom. The van der Waals surface area contributed by atoms with Crippen LogP contribution in [0.3, 0.4) is 0 Å². The van der Waals surface area contributed by atoms with Crippen molar-refractivity contribution in [2.45, 2.75) is 30.9 Å². The average molecular weight is 440 g/mol. The van der Waals surface area contributed by atoms with Gasteiger partial charge in [0.05, 0.1) is 4.90 Å². The van der Waals surface area contributed by atoms with Gasteiger partial charge in [0.25, 0.3) is 5.89 Å². The fourth-order valence-corrected chi connectivity index (χ4v) is 4.43. The number of hydrogen-bond acceptors (Lipinski definition) is 6. The zero-order chi connectivity index (χ0) is 22.0. The lowest BCUT2D eigenvalue weighted by molar-refractivity contribution is 0.413. The number of sulfone groups is 1. The molecule has 0 amide bonds. The number of benzene rings is 2. The van der Waals surface area contributed by atoms with E-state index in [2.05, 4.69) is 24.0 Å². The lowest BCUT2D eigenvalue weighted by Crippen LogP contribution is -2.04. The van der Waals surface area contributed by atoms with E-state index in [0.717, 1.165) is 12.0 Å². The zero-order valence-electron chi connectivity index (χ0n) is 17.1. The molecule has 0 fully saturated rings. The summed E-state index contributed by atoms with van der Waals surface area (Å²) in [4.78, 5) is 4.48. The Hall–Kier alpha value is -3.26. The molecule has 0 N–H and O–H groups in total. The zero-order valence-corrected chi connectivity index (χ0v) is 17.9. The number of hydrogen-bond donors (Lipinski definition) is 0. The molecule has 2 heterocycles. The quantitative estimate of drug-likeness (QED) is 0.387. The van der Waals surface area contributed by atoms with Gasteiger partial charge in [-0.1, -0.05) is 31.1 Å². The Morgan fingerprint density at radius 1 is 0.968 bits per heavy atom. The third kappa shape index (κ3) is 4.91. The summed E-state index contributed by atoms with van der Waals surface area (Å²) in [5.41, 5.74) is 1.69. The summed E-state index contributed by atoms with van der Waals surface area (Å²) >= 11 is 0. The van der Waals surface area contributed by atoms with Gasteiger partial charge in [-0.3, -0.25) is 0 Å². The number of furan rings is 1. The molecule has 2 aromatic heterocycles. The maximum absolute atomic E-state index is 13.1. The van der Waals surface area contributed by atoms with E-state index in [1.54, 1.807) is 24.3 Å². The molecular weight excluding hydrogens is 419 g/mol.